The highest BCUT2D eigenvalue weighted by Crippen LogP contribution is 2.15. The molecule has 20 heavy (non-hydrogen) atoms. The van der Waals surface area contributed by atoms with Crippen LogP contribution in [0.15, 0.2) is 18.2 Å². The number of aliphatic hydroxyl groups excluding tert-OH is 1. The highest BCUT2D eigenvalue weighted by atomic mass is 19.1. The van der Waals surface area contributed by atoms with E-state index in [1.807, 2.05) is 0 Å². The quantitative estimate of drug-likeness (QED) is 0.748. The standard InChI is InChI=1S/C14H21FN2O3/c1-11-3-4-12(15)9-13(11)16-14(19)10-17(5-7-18)6-8-20-2/h3-4,9,18H,5-8,10H2,1-2H3,(H,16,19). The minimum absolute atomic E-state index is 0.0318. The minimum Gasteiger partial charge on any atom is -0.395 e. The number of benzene rings is 1. The van der Waals surface area contributed by atoms with Gasteiger partial charge in [0.05, 0.1) is 19.8 Å². The fourth-order valence-electron chi connectivity index (χ4n) is 1.75. The van der Waals surface area contributed by atoms with Crippen LogP contribution in [0.4, 0.5) is 10.1 Å². The van der Waals surface area contributed by atoms with Gasteiger partial charge in [0.15, 0.2) is 0 Å². The number of hydrogen-bond acceptors (Lipinski definition) is 4. The van der Waals surface area contributed by atoms with E-state index >= 15 is 0 Å². The van der Waals surface area contributed by atoms with Crippen LogP contribution in [0, 0.1) is 12.7 Å². The van der Waals surface area contributed by atoms with Gasteiger partial charge < -0.3 is 15.2 Å². The molecule has 0 aliphatic rings. The second kappa shape index (κ2) is 8.63. The van der Waals surface area contributed by atoms with Crippen LogP contribution in [0.5, 0.6) is 0 Å². The third kappa shape index (κ3) is 5.64. The van der Waals surface area contributed by atoms with Crippen molar-refractivity contribution in [3.63, 3.8) is 0 Å². The summed E-state index contributed by atoms with van der Waals surface area (Å²) in [4.78, 5) is 13.7. The largest absolute Gasteiger partial charge is 0.395 e. The molecule has 1 rings (SSSR count). The summed E-state index contributed by atoms with van der Waals surface area (Å²) in [7, 11) is 1.58. The molecule has 2 N–H and O–H groups in total. The Kier molecular flexibility index (Phi) is 7.14. The maximum atomic E-state index is 13.1. The molecule has 1 aromatic rings. The lowest BCUT2D eigenvalue weighted by Crippen LogP contribution is -2.37. The summed E-state index contributed by atoms with van der Waals surface area (Å²) < 4.78 is 18.1. The normalized spacial score (nSPS) is 10.8. The van der Waals surface area contributed by atoms with Crippen LogP contribution in [0.25, 0.3) is 0 Å². The zero-order chi connectivity index (χ0) is 15.0. The summed E-state index contributed by atoms with van der Waals surface area (Å²) in [5.41, 5.74) is 1.26. The molecule has 6 heteroatoms. The highest BCUT2D eigenvalue weighted by molar-refractivity contribution is 5.92. The van der Waals surface area contributed by atoms with Crippen molar-refractivity contribution in [3.05, 3.63) is 29.6 Å². The first-order valence-corrected chi connectivity index (χ1v) is 6.45. The molecular formula is C14H21FN2O3. The number of nitrogens with zero attached hydrogens (tertiary/aromatic N) is 1. The van der Waals surface area contributed by atoms with Crippen molar-refractivity contribution in [2.75, 3.05) is 45.3 Å². The van der Waals surface area contributed by atoms with E-state index in [4.69, 9.17) is 9.84 Å². The number of nitrogens with one attached hydrogen (secondary N) is 1. The number of halogens is 1. The molecule has 0 atom stereocenters. The van der Waals surface area contributed by atoms with Crippen molar-refractivity contribution in [3.8, 4) is 0 Å². The molecule has 0 fully saturated rings. The fourth-order valence-corrected chi connectivity index (χ4v) is 1.75. The lowest BCUT2D eigenvalue weighted by Gasteiger charge is -2.20. The molecule has 0 aliphatic carbocycles. The lowest BCUT2D eigenvalue weighted by molar-refractivity contribution is -0.117. The summed E-state index contributed by atoms with van der Waals surface area (Å²) in [6.45, 7) is 3.30. The SMILES string of the molecule is COCCN(CCO)CC(=O)Nc1cc(F)ccc1C. The number of carbonyl (C=O) groups excluding carboxylic acids is 1. The van der Waals surface area contributed by atoms with E-state index < -0.39 is 5.82 Å². The van der Waals surface area contributed by atoms with Gasteiger partial charge in [0.25, 0.3) is 0 Å². The van der Waals surface area contributed by atoms with E-state index in [1.54, 1.807) is 25.0 Å². The van der Waals surface area contributed by atoms with E-state index in [1.165, 1.54) is 12.1 Å². The van der Waals surface area contributed by atoms with Gasteiger partial charge in [0, 0.05) is 25.9 Å². The van der Waals surface area contributed by atoms with Crippen molar-refractivity contribution in [2.24, 2.45) is 0 Å². The van der Waals surface area contributed by atoms with E-state index in [9.17, 15) is 9.18 Å². The number of carbonyl (C=O) groups is 1. The minimum atomic E-state index is -0.391. The Hall–Kier alpha value is -1.50. The number of ether oxygens (including phenoxy) is 1. The predicted molar refractivity (Wildman–Crippen MR) is 75.2 cm³/mol. The Bertz CT molecular complexity index is 440. The average Bonchev–Trinajstić information content (AvgIpc) is 2.40. The molecule has 0 radical (unpaired) electrons. The van der Waals surface area contributed by atoms with E-state index in [2.05, 4.69) is 5.32 Å². The number of aliphatic hydroxyl groups is 1. The van der Waals surface area contributed by atoms with Gasteiger partial charge in [-0.3, -0.25) is 9.69 Å². The summed E-state index contributed by atoms with van der Waals surface area (Å²) in [6, 6.07) is 4.25. The maximum Gasteiger partial charge on any atom is 0.238 e. The van der Waals surface area contributed by atoms with Gasteiger partial charge in [0.2, 0.25) is 5.91 Å². The van der Waals surface area contributed by atoms with Gasteiger partial charge in [-0.1, -0.05) is 6.07 Å². The van der Waals surface area contributed by atoms with Crippen molar-refractivity contribution in [1.82, 2.24) is 4.90 Å². The molecule has 0 spiro atoms. The molecule has 1 aromatic carbocycles. The fraction of sp³-hybridized carbons (Fsp3) is 0.500. The van der Waals surface area contributed by atoms with Gasteiger partial charge in [-0.15, -0.1) is 0 Å². The Morgan fingerprint density at radius 1 is 1.45 bits per heavy atom. The van der Waals surface area contributed by atoms with E-state index in [-0.39, 0.29) is 19.1 Å². The zero-order valence-corrected chi connectivity index (χ0v) is 11.9. The Balaban J connectivity index is 2.58. The van der Waals surface area contributed by atoms with Crippen LogP contribution in [-0.4, -0.2) is 55.9 Å². The van der Waals surface area contributed by atoms with E-state index in [0.29, 0.717) is 25.4 Å². The number of rotatable bonds is 8. The summed E-state index contributed by atoms with van der Waals surface area (Å²) in [6.07, 6.45) is 0. The first-order valence-electron chi connectivity index (χ1n) is 6.45. The van der Waals surface area contributed by atoms with Crippen LogP contribution < -0.4 is 5.32 Å². The molecule has 0 aromatic heterocycles. The van der Waals surface area contributed by atoms with Gasteiger partial charge in [-0.2, -0.15) is 0 Å². The molecule has 0 saturated carbocycles. The second-order valence-corrected chi connectivity index (χ2v) is 4.50. The molecule has 0 bridgehead atoms. The molecule has 5 nitrogen and oxygen atoms in total. The Morgan fingerprint density at radius 2 is 2.20 bits per heavy atom. The van der Waals surface area contributed by atoms with Crippen LogP contribution in [-0.2, 0) is 9.53 Å². The summed E-state index contributed by atoms with van der Waals surface area (Å²) >= 11 is 0. The number of hydrogen-bond donors (Lipinski definition) is 2. The second-order valence-electron chi connectivity index (χ2n) is 4.50. The van der Waals surface area contributed by atoms with Gasteiger partial charge in [0.1, 0.15) is 5.82 Å². The zero-order valence-electron chi connectivity index (χ0n) is 11.9. The predicted octanol–water partition coefficient (Wildman–Crippen LogP) is 1.01. The number of methoxy groups -OCH3 is 1. The molecule has 112 valence electrons. The molecule has 0 heterocycles. The van der Waals surface area contributed by atoms with Crippen LogP contribution in [0.2, 0.25) is 0 Å². The molecule has 0 saturated heterocycles. The summed E-state index contributed by atoms with van der Waals surface area (Å²) in [5.74, 6) is -0.638. The van der Waals surface area contributed by atoms with Crippen molar-refractivity contribution in [1.29, 1.82) is 0 Å². The van der Waals surface area contributed by atoms with Crippen molar-refractivity contribution < 1.29 is 19.0 Å². The van der Waals surface area contributed by atoms with Crippen molar-refractivity contribution in [2.45, 2.75) is 6.92 Å². The highest BCUT2D eigenvalue weighted by Gasteiger charge is 2.11. The molecule has 0 aliphatic heterocycles. The third-order valence-corrected chi connectivity index (χ3v) is 2.87. The van der Waals surface area contributed by atoms with Crippen LogP contribution in [0.3, 0.4) is 0 Å². The van der Waals surface area contributed by atoms with Crippen LogP contribution in [0.1, 0.15) is 5.56 Å². The van der Waals surface area contributed by atoms with Crippen molar-refractivity contribution >= 4 is 11.6 Å². The Labute approximate surface area is 118 Å². The summed E-state index contributed by atoms with van der Waals surface area (Å²) in [5, 5.41) is 11.6. The van der Waals surface area contributed by atoms with Gasteiger partial charge in [-0.25, -0.2) is 4.39 Å². The lowest BCUT2D eigenvalue weighted by atomic mass is 10.2. The average molecular weight is 284 g/mol. The van der Waals surface area contributed by atoms with Gasteiger partial charge in [-0.05, 0) is 24.6 Å². The first kappa shape index (κ1) is 16.6. The number of aryl methyl sites for hydroxylation is 1. The molecule has 1 amide bonds. The maximum absolute atomic E-state index is 13.1. The third-order valence-electron chi connectivity index (χ3n) is 2.87. The topological polar surface area (TPSA) is 61.8 Å². The smallest absolute Gasteiger partial charge is 0.238 e. The number of anilines is 1. The van der Waals surface area contributed by atoms with E-state index in [0.717, 1.165) is 5.56 Å². The molecule has 0 unspecified atom stereocenters. The van der Waals surface area contributed by atoms with Gasteiger partial charge >= 0.3 is 0 Å². The van der Waals surface area contributed by atoms with Crippen LogP contribution >= 0.6 is 0 Å². The molecular weight excluding hydrogens is 263 g/mol. The monoisotopic (exact) mass is 284 g/mol. The number of amides is 1. The first-order chi connectivity index (χ1) is 9.56. The Morgan fingerprint density at radius 3 is 2.85 bits per heavy atom.